The summed E-state index contributed by atoms with van der Waals surface area (Å²) < 4.78 is 5.75. The Balaban J connectivity index is 1.36. The molecule has 0 saturated carbocycles. The maximum Gasteiger partial charge on any atom is 0.254 e. The number of likely N-dealkylation sites (tertiary alicyclic amines) is 2. The SMILES string of the molecule is Cc1nnc([C@@H]2CC3(CCN(C(=O)c4ccccc4)CC3)CN2C(=O)c2ccccc2)o1. The van der Waals surface area contributed by atoms with Crippen molar-refractivity contribution >= 4 is 11.8 Å². The molecule has 32 heavy (non-hydrogen) atoms. The lowest BCUT2D eigenvalue weighted by Crippen LogP contribution is -2.44. The number of piperidine rings is 1. The smallest absolute Gasteiger partial charge is 0.254 e. The number of amides is 2. The molecule has 7 heteroatoms. The summed E-state index contributed by atoms with van der Waals surface area (Å²) in [5.41, 5.74) is 1.31. The largest absolute Gasteiger partial charge is 0.423 e. The van der Waals surface area contributed by atoms with E-state index in [2.05, 4.69) is 10.2 Å². The van der Waals surface area contributed by atoms with Crippen LogP contribution in [0.4, 0.5) is 0 Å². The number of hydrogen-bond donors (Lipinski definition) is 0. The zero-order valence-corrected chi connectivity index (χ0v) is 18.1. The van der Waals surface area contributed by atoms with Crippen LogP contribution in [0.5, 0.6) is 0 Å². The highest BCUT2D eigenvalue weighted by Gasteiger charge is 2.50. The average Bonchev–Trinajstić information content (AvgIpc) is 3.43. The zero-order valence-electron chi connectivity index (χ0n) is 18.1. The van der Waals surface area contributed by atoms with Gasteiger partial charge in [0, 0.05) is 37.7 Å². The number of aromatic nitrogens is 2. The molecule has 2 saturated heterocycles. The highest BCUT2D eigenvalue weighted by atomic mass is 16.4. The molecule has 7 nitrogen and oxygen atoms in total. The number of carbonyl (C=O) groups is 2. The fourth-order valence-electron chi connectivity index (χ4n) is 4.99. The molecule has 5 rings (SSSR count). The standard InChI is InChI=1S/C25H26N4O3/c1-18-26-27-22(32-18)21-16-25(17-29(21)24(31)20-10-6-3-7-11-20)12-14-28(15-13-25)23(30)19-8-4-2-5-9-19/h2-11,21H,12-17H2,1H3/t21-/m0/s1. The number of benzene rings is 2. The van der Waals surface area contributed by atoms with Gasteiger partial charge in [-0.15, -0.1) is 10.2 Å². The molecule has 1 spiro atoms. The summed E-state index contributed by atoms with van der Waals surface area (Å²) in [5.74, 6) is 1.04. The normalized spacial score (nSPS) is 20.0. The van der Waals surface area contributed by atoms with E-state index >= 15 is 0 Å². The van der Waals surface area contributed by atoms with Crippen molar-refractivity contribution in [2.24, 2.45) is 5.41 Å². The Morgan fingerprint density at radius 1 is 0.906 bits per heavy atom. The molecule has 0 unspecified atom stereocenters. The predicted octanol–water partition coefficient (Wildman–Crippen LogP) is 3.89. The Morgan fingerprint density at radius 2 is 1.50 bits per heavy atom. The molecule has 0 radical (unpaired) electrons. The average molecular weight is 431 g/mol. The van der Waals surface area contributed by atoms with E-state index in [0.717, 1.165) is 24.8 Å². The molecule has 2 fully saturated rings. The Hall–Kier alpha value is -3.48. The van der Waals surface area contributed by atoms with Gasteiger partial charge in [0.1, 0.15) is 6.04 Å². The highest BCUT2D eigenvalue weighted by molar-refractivity contribution is 5.95. The monoisotopic (exact) mass is 430 g/mol. The molecule has 2 aliphatic heterocycles. The molecule has 0 N–H and O–H groups in total. The van der Waals surface area contributed by atoms with E-state index in [1.807, 2.05) is 70.5 Å². The number of nitrogens with zero attached hydrogens (tertiary/aromatic N) is 4. The second-order valence-corrected chi connectivity index (χ2v) is 8.84. The first-order chi connectivity index (χ1) is 15.5. The molecular formula is C25H26N4O3. The van der Waals surface area contributed by atoms with Gasteiger partial charge in [0.2, 0.25) is 11.8 Å². The minimum absolute atomic E-state index is 0.0221. The van der Waals surface area contributed by atoms with E-state index in [-0.39, 0.29) is 23.3 Å². The number of hydrogen-bond acceptors (Lipinski definition) is 5. The third-order valence-corrected chi connectivity index (χ3v) is 6.75. The van der Waals surface area contributed by atoms with Gasteiger partial charge in [0.15, 0.2) is 0 Å². The van der Waals surface area contributed by atoms with Gasteiger partial charge in [-0.3, -0.25) is 9.59 Å². The quantitative estimate of drug-likeness (QED) is 0.630. The van der Waals surface area contributed by atoms with Gasteiger partial charge < -0.3 is 14.2 Å². The second kappa shape index (κ2) is 8.22. The minimum Gasteiger partial charge on any atom is -0.423 e. The Morgan fingerprint density at radius 3 is 2.06 bits per heavy atom. The fraction of sp³-hybridized carbons (Fsp3) is 0.360. The molecule has 3 aromatic rings. The summed E-state index contributed by atoms with van der Waals surface area (Å²) in [4.78, 5) is 30.1. The highest BCUT2D eigenvalue weighted by Crippen LogP contribution is 2.49. The van der Waals surface area contributed by atoms with Crippen molar-refractivity contribution in [2.45, 2.75) is 32.2 Å². The summed E-state index contributed by atoms with van der Waals surface area (Å²) in [6.45, 7) is 3.74. The molecule has 1 aromatic heterocycles. The lowest BCUT2D eigenvalue weighted by Gasteiger charge is -2.39. The molecule has 164 valence electrons. The molecule has 0 bridgehead atoms. The second-order valence-electron chi connectivity index (χ2n) is 8.84. The van der Waals surface area contributed by atoms with Crippen molar-refractivity contribution < 1.29 is 14.0 Å². The summed E-state index contributed by atoms with van der Waals surface area (Å²) in [7, 11) is 0. The van der Waals surface area contributed by atoms with Crippen molar-refractivity contribution in [3.8, 4) is 0 Å². The third-order valence-electron chi connectivity index (χ3n) is 6.75. The first kappa shape index (κ1) is 20.4. The van der Waals surface area contributed by atoms with Crippen LogP contribution in [0.2, 0.25) is 0 Å². The zero-order chi connectivity index (χ0) is 22.1. The van der Waals surface area contributed by atoms with Crippen LogP contribution >= 0.6 is 0 Å². The van der Waals surface area contributed by atoms with Gasteiger partial charge >= 0.3 is 0 Å². The molecule has 3 heterocycles. The fourth-order valence-corrected chi connectivity index (χ4v) is 4.99. The molecule has 2 aliphatic rings. The Kier molecular flexibility index (Phi) is 5.25. The molecule has 1 atom stereocenters. The van der Waals surface area contributed by atoms with Crippen LogP contribution in [-0.4, -0.2) is 51.4 Å². The van der Waals surface area contributed by atoms with Gasteiger partial charge in [0.25, 0.3) is 11.8 Å². The Labute approximate surface area is 187 Å². The predicted molar refractivity (Wildman–Crippen MR) is 118 cm³/mol. The van der Waals surface area contributed by atoms with Gasteiger partial charge in [-0.2, -0.15) is 0 Å². The first-order valence-electron chi connectivity index (χ1n) is 11.1. The maximum atomic E-state index is 13.4. The van der Waals surface area contributed by atoms with Crippen LogP contribution in [0.25, 0.3) is 0 Å². The number of rotatable bonds is 3. The third kappa shape index (κ3) is 3.79. The molecule has 0 aliphatic carbocycles. The van der Waals surface area contributed by atoms with E-state index in [0.29, 0.717) is 37.0 Å². The summed E-state index contributed by atoms with van der Waals surface area (Å²) in [6, 6.07) is 18.5. The lowest BCUT2D eigenvalue weighted by molar-refractivity contribution is 0.0562. The lowest BCUT2D eigenvalue weighted by atomic mass is 9.76. The van der Waals surface area contributed by atoms with Crippen molar-refractivity contribution in [1.29, 1.82) is 0 Å². The van der Waals surface area contributed by atoms with Crippen molar-refractivity contribution in [3.63, 3.8) is 0 Å². The van der Waals surface area contributed by atoms with Crippen molar-refractivity contribution in [1.82, 2.24) is 20.0 Å². The first-order valence-corrected chi connectivity index (χ1v) is 11.1. The number of aryl methyl sites for hydroxylation is 1. The van der Waals surface area contributed by atoms with Gasteiger partial charge in [-0.1, -0.05) is 36.4 Å². The van der Waals surface area contributed by atoms with E-state index in [1.54, 1.807) is 6.92 Å². The van der Waals surface area contributed by atoms with Crippen molar-refractivity contribution in [2.75, 3.05) is 19.6 Å². The van der Waals surface area contributed by atoms with E-state index in [1.165, 1.54) is 0 Å². The van der Waals surface area contributed by atoms with E-state index in [9.17, 15) is 9.59 Å². The van der Waals surface area contributed by atoms with E-state index < -0.39 is 0 Å². The topological polar surface area (TPSA) is 79.5 Å². The number of carbonyl (C=O) groups excluding carboxylic acids is 2. The van der Waals surface area contributed by atoms with Crippen LogP contribution in [-0.2, 0) is 0 Å². The van der Waals surface area contributed by atoms with Crippen LogP contribution in [0.1, 0.15) is 57.8 Å². The maximum absolute atomic E-state index is 13.4. The summed E-state index contributed by atoms with van der Waals surface area (Å²) in [6.07, 6.45) is 2.45. The molecular weight excluding hydrogens is 404 g/mol. The molecule has 2 amide bonds. The van der Waals surface area contributed by atoms with Crippen LogP contribution in [0.3, 0.4) is 0 Å². The minimum atomic E-state index is -0.250. The van der Waals surface area contributed by atoms with Crippen molar-refractivity contribution in [3.05, 3.63) is 83.6 Å². The van der Waals surface area contributed by atoms with Gasteiger partial charge in [-0.05, 0) is 48.9 Å². The van der Waals surface area contributed by atoms with Crippen LogP contribution in [0, 0.1) is 12.3 Å². The van der Waals surface area contributed by atoms with Gasteiger partial charge in [-0.25, -0.2) is 0 Å². The summed E-state index contributed by atoms with van der Waals surface area (Å²) >= 11 is 0. The molecule has 2 aromatic carbocycles. The van der Waals surface area contributed by atoms with Crippen LogP contribution in [0.15, 0.2) is 65.1 Å². The van der Waals surface area contributed by atoms with Gasteiger partial charge in [0.05, 0.1) is 0 Å². The Bertz CT molecular complexity index is 1100. The van der Waals surface area contributed by atoms with Crippen LogP contribution < -0.4 is 0 Å². The van der Waals surface area contributed by atoms with E-state index in [4.69, 9.17) is 4.42 Å². The summed E-state index contributed by atoms with van der Waals surface area (Å²) in [5, 5.41) is 8.23.